The van der Waals surface area contributed by atoms with Gasteiger partial charge in [0.2, 0.25) is 0 Å². The van der Waals surface area contributed by atoms with Crippen molar-refractivity contribution in [3.8, 4) is 0 Å². The highest BCUT2D eigenvalue weighted by Gasteiger charge is 2.05. The van der Waals surface area contributed by atoms with Crippen molar-refractivity contribution in [2.45, 2.75) is 58.9 Å². The SMILES string of the molecule is CCC(N)CCC(CC)CC. The van der Waals surface area contributed by atoms with Crippen LogP contribution in [0.15, 0.2) is 0 Å². The Labute approximate surface area is 71.4 Å². The van der Waals surface area contributed by atoms with Gasteiger partial charge in [0, 0.05) is 6.04 Å². The van der Waals surface area contributed by atoms with E-state index in [-0.39, 0.29) is 0 Å². The van der Waals surface area contributed by atoms with E-state index in [0.29, 0.717) is 6.04 Å². The van der Waals surface area contributed by atoms with E-state index in [0.717, 1.165) is 12.3 Å². The van der Waals surface area contributed by atoms with E-state index < -0.39 is 0 Å². The molecule has 0 fully saturated rings. The third kappa shape index (κ3) is 5.25. The Bertz CT molecular complexity index is 76.9. The number of rotatable bonds is 6. The van der Waals surface area contributed by atoms with E-state index in [4.69, 9.17) is 5.73 Å². The molecule has 0 saturated heterocycles. The van der Waals surface area contributed by atoms with Crippen molar-refractivity contribution < 1.29 is 0 Å². The minimum atomic E-state index is 0.440. The van der Waals surface area contributed by atoms with Crippen LogP contribution in [0.4, 0.5) is 0 Å². The highest BCUT2D eigenvalue weighted by Crippen LogP contribution is 2.15. The van der Waals surface area contributed by atoms with Gasteiger partial charge in [-0.1, -0.05) is 33.6 Å². The number of nitrogens with two attached hydrogens (primary N) is 1. The first-order valence-electron chi connectivity index (χ1n) is 5.00. The minimum Gasteiger partial charge on any atom is -0.328 e. The predicted octanol–water partition coefficient (Wildman–Crippen LogP) is 2.94. The lowest BCUT2D eigenvalue weighted by molar-refractivity contribution is 0.412. The van der Waals surface area contributed by atoms with Crippen LogP contribution < -0.4 is 5.73 Å². The Morgan fingerprint density at radius 1 is 0.909 bits per heavy atom. The van der Waals surface area contributed by atoms with Gasteiger partial charge in [-0.3, -0.25) is 0 Å². The summed E-state index contributed by atoms with van der Waals surface area (Å²) >= 11 is 0. The van der Waals surface area contributed by atoms with E-state index in [1.165, 1.54) is 25.7 Å². The zero-order valence-electron chi connectivity index (χ0n) is 8.27. The Kier molecular flexibility index (Phi) is 6.63. The molecule has 0 aromatic rings. The average molecular weight is 157 g/mol. The quantitative estimate of drug-likeness (QED) is 0.630. The molecule has 0 spiro atoms. The van der Waals surface area contributed by atoms with E-state index in [1.54, 1.807) is 0 Å². The van der Waals surface area contributed by atoms with Crippen molar-refractivity contribution in [1.29, 1.82) is 0 Å². The number of hydrogen-bond donors (Lipinski definition) is 1. The first-order valence-corrected chi connectivity index (χ1v) is 5.00. The Morgan fingerprint density at radius 2 is 1.45 bits per heavy atom. The average Bonchev–Trinajstić information content (AvgIpc) is 2.06. The van der Waals surface area contributed by atoms with Gasteiger partial charge < -0.3 is 5.73 Å². The first-order chi connectivity index (χ1) is 5.24. The summed E-state index contributed by atoms with van der Waals surface area (Å²) in [4.78, 5) is 0. The van der Waals surface area contributed by atoms with Gasteiger partial charge in [-0.15, -0.1) is 0 Å². The van der Waals surface area contributed by atoms with Crippen molar-refractivity contribution in [2.24, 2.45) is 11.7 Å². The van der Waals surface area contributed by atoms with Gasteiger partial charge in [0.15, 0.2) is 0 Å². The third-order valence-corrected chi connectivity index (χ3v) is 2.62. The molecule has 0 radical (unpaired) electrons. The monoisotopic (exact) mass is 157 g/mol. The van der Waals surface area contributed by atoms with Crippen LogP contribution in [0.5, 0.6) is 0 Å². The van der Waals surface area contributed by atoms with Gasteiger partial charge in [0.05, 0.1) is 0 Å². The zero-order chi connectivity index (χ0) is 8.69. The van der Waals surface area contributed by atoms with Crippen molar-refractivity contribution in [2.75, 3.05) is 0 Å². The highest BCUT2D eigenvalue weighted by atomic mass is 14.6. The van der Waals surface area contributed by atoms with E-state index in [2.05, 4.69) is 20.8 Å². The lowest BCUT2D eigenvalue weighted by Crippen LogP contribution is -2.19. The molecule has 1 atom stereocenters. The molecular formula is C10H23N. The Balaban J connectivity index is 3.34. The molecular weight excluding hydrogens is 134 g/mol. The number of hydrogen-bond acceptors (Lipinski definition) is 1. The van der Waals surface area contributed by atoms with Gasteiger partial charge in [-0.25, -0.2) is 0 Å². The summed E-state index contributed by atoms with van der Waals surface area (Å²) in [6.45, 7) is 6.70. The van der Waals surface area contributed by atoms with Crippen molar-refractivity contribution >= 4 is 0 Å². The molecule has 0 aliphatic rings. The Hall–Kier alpha value is -0.0400. The second kappa shape index (κ2) is 6.66. The zero-order valence-corrected chi connectivity index (χ0v) is 8.27. The second-order valence-corrected chi connectivity index (χ2v) is 3.43. The molecule has 0 rings (SSSR count). The summed E-state index contributed by atoms with van der Waals surface area (Å²) in [5.41, 5.74) is 5.83. The molecule has 0 amide bonds. The molecule has 0 aromatic carbocycles. The molecule has 0 heterocycles. The molecule has 0 bridgehead atoms. The van der Waals surface area contributed by atoms with E-state index in [9.17, 15) is 0 Å². The summed E-state index contributed by atoms with van der Waals surface area (Å²) in [6, 6.07) is 0.440. The summed E-state index contributed by atoms with van der Waals surface area (Å²) in [5, 5.41) is 0. The van der Waals surface area contributed by atoms with Gasteiger partial charge in [-0.05, 0) is 25.2 Å². The molecule has 11 heavy (non-hydrogen) atoms. The molecule has 1 heteroatoms. The maximum absolute atomic E-state index is 5.83. The lowest BCUT2D eigenvalue weighted by Gasteiger charge is -2.14. The molecule has 1 unspecified atom stereocenters. The highest BCUT2D eigenvalue weighted by molar-refractivity contribution is 4.62. The maximum atomic E-state index is 5.83. The fourth-order valence-corrected chi connectivity index (χ4v) is 1.35. The van der Waals surface area contributed by atoms with Crippen LogP contribution in [-0.2, 0) is 0 Å². The first kappa shape index (κ1) is 11.0. The normalized spacial score (nSPS) is 13.9. The smallest absolute Gasteiger partial charge is 0.00363 e. The van der Waals surface area contributed by atoms with Gasteiger partial charge in [0.1, 0.15) is 0 Å². The fraction of sp³-hybridized carbons (Fsp3) is 1.00. The van der Waals surface area contributed by atoms with Crippen LogP contribution in [0.1, 0.15) is 52.9 Å². The van der Waals surface area contributed by atoms with Gasteiger partial charge >= 0.3 is 0 Å². The molecule has 0 aliphatic heterocycles. The standard InChI is InChI=1S/C10H23N/c1-4-9(5-2)7-8-10(11)6-3/h9-10H,4-8,11H2,1-3H3. The summed E-state index contributed by atoms with van der Waals surface area (Å²) in [6.07, 6.45) is 6.28. The molecule has 0 saturated carbocycles. The lowest BCUT2D eigenvalue weighted by atomic mass is 9.95. The van der Waals surface area contributed by atoms with E-state index in [1.807, 2.05) is 0 Å². The van der Waals surface area contributed by atoms with Crippen LogP contribution in [0.2, 0.25) is 0 Å². The van der Waals surface area contributed by atoms with Crippen LogP contribution in [0.3, 0.4) is 0 Å². The van der Waals surface area contributed by atoms with Crippen molar-refractivity contribution in [3.63, 3.8) is 0 Å². The van der Waals surface area contributed by atoms with Crippen molar-refractivity contribution in [3.05, 3.63) is 0 Å². The van der Waals surface area contributed by atoms with Crippen LogP contribution in [0.25, 0.3) is 0 Å². The van der Waals surface area contributed by atoms with Crippen LogP contribution >= 0.6 is 0 Å². The molecule has 1 nitrogen and oxygen atoms in total. The molecule has 2 N–H and O–H groups in total. The van der Waals surface area contributed by atoms with Crippen LogP contribution in [0, 0.1) is 5.92 Å². The summed E-state index contributed by atoms with van der Waals surface area (Å²) in [7, 11) is 0. The van der Waals surface area contributed by atoms with Crippen molar-refractivity contribution in [1.82, 2.24) is 0 Å². The maximum Gasteiger partial charge on any atom is 0.00363 e. The Morgan fingerprint density at radius 3 is 1.82 bits per heavy atom. The fourth-order valence-electron chi connectivity index (χ4n) is 1.35. The second-order valence-electron chi connectivity index (χ2n) is 3.43. The van der Waals surface area contributed by atoms with Gasteiger partial charge in [-0.2, -0.15) is 0 Å². The third-order valence-electron chi connectivity index (χ3n) is 2.62. The summed E-state index contributed by atoms with van der Waals surface area (Å²) in [5.74, 6) is 0.910. The molecule has 68 valence electrons. The largest absolute Gasteiger partial charge is 0.328 e. The van der Waals surface area contributed by atoms with Gasteiger partial charge in [0.25, 0.3) is 0 Å². The van der Waals surface area contributed by atoms with Crippen LogP contribution in [-0.4, -0.2) is 6.04 Å². The minimum absolute atomic E-state index is 0.440. The topological polar surface area (TPSA) is 26.0 Å². The molecule has 0 aromatic heterocycles. The summed E-state index contributed by atoms with van der Waals surface area (Å²) < 4.78 is 0. The molecule has 0 aliphatic carbocycles. The van der Waals surface area contributed by atoms with E-state index >= 15 is 0 Å². The predicted molar refractivity (Wildman–Crippen MR) is 51.6 cm³/mol.